The van der Waals surface area contributed by atoms with E-state index >= 15 is 0 Å². The Hall–Kier alpha value is -2.80. The van der Waals surface area contributed by atoms with E-state index in [9.17, 15) is 4.79 Å². The van der Waals surface area contributed by atoms with E-state index in [0.29, 0.717) is 11.6 Å². The minimum atomic E-state index is -0.228. The second kappa shape index (κ2) is 6.31. The van der Waals surface area contributed by atoms with Crippen LogP contribution in [-0.2, 0) is 4.79 Å². The molecule has 22 heavy (non-hydrogen) atoms. The molecule has 110 valence electrons. The normalized spacial score (nSPS) is 11.0. The number of carbonyl (C=O) groups excluding carboxylic acids is 1. The van der Waals surface area contributed by atoms with Crippen LogP contribution in [0.25, 0.3) is 17.5 Å². The van der Waals surface area contributed by atoms with E-state index in [0.717, 1.165) is 16.3 Å². The Balaban J connectivity index is 1.69. The lowest BCUT2D eigenvalue weighted by Crippen LogP contribution is -2.07. The number of amides is 1. The second-order valence-electron chi connectivity index (χ2n) is 4.44. The van der Waals surface area contributed by atoms with Gasteiger partial charge in [0.05, 0.1) is 10.7 Å². The molecule has 6 nitrogen and oxygen atoms in total. The number of hydrogen-bond acceptors (Lipinski definition) is 6. The molecular formula is C15H12N4O2S. The van der Waals surface area contributed by atoms with Crippen molar-refractivity contribution >= 4 is 29.0 Å². The highest BCUT2D eigenvalue weighted by Gasteiger charge is 2.05. The molecule has 0 unspecified atom stereocenters. The van der Waals surface area contributed by atoms with Crippen LogP contribution < -0.4 is 5.32 Å². The van der Waals surface area contributed by atoms with Gasteiger partial charge in [0, 0.05) is 22.7 Å². The molecule has 3 aromatic rings. The molecule has 1 amide bonds. The number of thiazole rings is 1. The molecule has 2 aromatic heterocycles. The summed E-state index contributed by atoms with van der Waals surface area (Å²) in [6, 6.07) is 7.20. The van der Waals surface area contributed by atoms with E-state index in [2.05, 4.69) is 20.5 Å². The zero-order chi connectivity index (χ0) is 15.4. The maximum Gasteiger partial charge on any atom is 0.248 e. The lowest BCUT2D eigenvalue weighted by molar-refractivity contribution is -0.111. The highest BCUT2D eigenvalue weighted by Crippen LogP contribution is 2.20. The van der Waals surface area contributed by atoms with Crippen molar-refractivity contribution in [3.05, 3.63) is 52.8 Å². The molecule has 0 aliphatic rings. The Morgan fingerprint density at radius 1 is 1.41 bits per heavy atom. The predicted molar refractivity (Wildman–Crippen MR) is 84.2 cm³/mol. The molecule has 0 bridgehead atoms. The SMILES string of the molecule is Cc1nc(C=CC(=O)Nc2cccc(-c3nnco3)c2)cs1. The third-order valence-corrected chi connectivity index (χ3v) is 3.57. The fraction of sp³-hybridized carbons (Fsp3) is 0.0667. The predicted octanol–water partition coefficient (Wildman–Crippen LogP) is 3.15. The van der Waals surface area contributed by atoms with E-state index in [1.54, 1.807) is 29.5 Å². The Kier molecular flexibility index (Phi) is 4.06. The standard InChI is InChI=1S/C15H12N4O2S/c1-10-17-13(8-22-10)5-6-14(20)18-12-4-2-3-11(7-12)15-19-16-9-21-15/h2-9H,1H3,(H,18,20). The van der Waals surface area contributed by atoms with Crippen LogP contribution in [0.5, 0.6) is 0 Å². The summed E-state index contributed by atoms with van der Waals surface area (Å²) in [5, 5.41) is 13.1. The van der Waals surface area contributed by atoms with Crippen LogP contribution in [0.1, 0.15) is 10.7 Å². The summed E-state index contributed by atoms with van der Waals surface area (Å²) < 4.78 is 5.13. The minimum absolute atomic E-state index is 0.228. The summed E-state index contributed by atoms with van der Waals surface area (Å²) in [5.41, 5.74) is 2.17. The maximum absolute atomic E-state index is 11.9. The zero-order valence-electron chi connectivity index (χ0n) is 11.7. The Labute approximate surface area is 130 Å². The summed E-state index contributed by atoms with van der Waals surface area (Å²) in [7, 11) is 0. The van der Waals surface area contributed by atoms with Crippen LogP contribution in [0.3, 0.4) is 0 Å². The van der Waals surface area contributed by atoms with Crippen molar-refractivity contribution in [2.24, 2.45) is 0 Å². The average molecular weight is 312 g/mol. The van der Waals surface area contributed by atoms with Crippen molar-refractivity contribution in [3.8, 4) is 11.5 Å². The number of anilines is 1. The van der Waals surface area contributed by atoms with Crippen molar-refractivity contribution in [1.29, 1.82) is 0 Å². The largest absolute Gasteiger partial charge is 0.423 e. The third kappa shape index (κ3) is 3.44. The summed E-state index contributed by atoms with van der Waals surface area (Å²) >= 11 is 1.54. The van der Waals surface area contributed by atoms with E-state index < -0.39 is 0 Å². The molecule has 1 aromatic carbocycles. The molecule has 7 heteroatoms. The van der Waals surface area contributed by atoms with Gasteiger partial charge in [-0.25, -0.2) is 4.98 Å². The highest BCUT2D eigenvalue weighted by molar-refractivity contribution is 7.09. The van der Waals surface area contributed by atoms with Gasteiger partial charge in [-0.05, 0) is 31.2 Å². The van der Waals surface area contributed by atoms with E-state index in [1.807, 2.05) is 24.4 Å². The van der Waals surface area contributed by atoms with Crippen LogP contribution in [0.15, 0.2) is 46.5 Å². The minimum Gasteiger partial charge on any atom is -0.423 e. The number of hydrogen-bond donors (Lipinski definition) is 1. The number of nitrogens with zero attached hydrogens (tertiary/aromatic N) is 3. The molecule has 0 spiro atoms. The first-order valence-electron chi connectivity index (χ1n) is 6.48. The molecule has 3 rings (SSSR count). The van der Waals surface area contributed by atoms with Gasteiger partial charge in [0.15, 0.2) is 0 Å². The fourth-order valence-corrected chi connectivity index (χ4v) is 2.41. The van der Waals surface area contributed by atoms with E-state index in [4.69, 9.17) is 4.42 Å². The Morgan fingerprint density at radius 3 is 3.05 bits per heavy atom. The van der Waals surface area contributed by atoms with Gasteiger partial charge in [0.2, 0.25) is 18.2 Å². The molecule has 0 fully saturated rings. The monoisotopic (exact) mass is 312 g/mol. The number of aromatic nitrogens is 3. The highest BCUT2D eigenvalue weighted by atomic mass is 32.1. The van der Waals surface area contributed by atoms with Crippen LogP contribution in [0, 0.1) is 6.92 Å². The molecule has 0 radical (unpaired) electrons. The summed E-state index contributed by atoms with van der Waals surface area (Å²) in [5.74, 6) is 0.179. The second-order valence-corrected chi connectivity index (χ2v) is 5.50. The third-order valence-electron chi connectivity index (χ3n) is 2.78. The molecule has 2 heterocycles. The first-order chi connectivity index (χ1) is 10.7. The summed E-state index contributed by atoms with van der Waals surface area (Å²) in [6.07, 6.45) is 4.40. The lowest BCUT2D eigenvalue weighted by atomic mass is 10.2. The van der Waals surface area contributed by atoms with Crippen LogP contribution in [-0.4, -0.2) is 21.1 Å². The maximum atomic E-state index is 11.9. The number of aryl methyl sites for hydroxylation is 1. The molecule has 1 N–H and O–H groups in total. The Bertz CT molecular complexity index is 809. The number of carbonyl (C=O) groups is 1. The molecular weight excluding hydrogens is 300 g/mol. The van der Waals surface area contributed by atoms with Crippen LogP contribution in [0.4, 0.5) is 5.69 Å². The summed E-state index contributed by atoms with van der Waals surface area (Å²) in [6.45, 7) is 1.92. The van der Waals surface area contributed by atoms with Gasteiger partial charge in [0.1, 0.15) is 0 Å². The van der Waals surface area contributed by atoms with Crippen molar-refractivity contribution in [2.75, 3.05) is 5.32 Å². The number of rotatable bonds is 4. The van der Waals surface area contributed by atoms with Gasteiger partial charge < -0.3 is 9.73 Å². The topological polar surface area (TPSA) is 80.9 Å². The van der Waals surface area contributed by atoms with Gasteiger partial charge in [-0.3, -0.25) is 4.79 Å². The molecule has 0 atom stereocenters. The van der Waals surface area contributed by atoms with Crippen molar-refractivity contribution in [1.82, 2.24) is 15.2 Å². The lowest BCUT2D eigenvalue weighted by Gasteiger charge is -2.03. The Morgan fingerprint density at radius 2 is 2.32 bits per heavy atom. The van der Waals surface area contributed by atoms with Gasteiger partial charge in [-0.1, -0.05) is 6.07 Å². The number of nitrogens with one attached hydrogen (secondary N) is 1. The summed E-state index contributed by atoms with van der Waals surface area (Å²) in [4.78, 5) is 16.2. The van der Waals surface area contributed by atoms with Crippen LogP contribution >= 0.6 is 11.3 Å². The van der Waals surface area contributed by atoms with E-state index in [-0.39, 0.29) is 5.91 Å². The first-order valence-corrected chi connectivity index (χ1v) is 7.36. The first kappa shape index (κ1) is 14.2. The van der Waals surface area contributed by atoms with Crippen molar-refractivity contribution in [3.63, 3.8) is 0 Å². The van der Waals surface area contributed by atoms with Crippen molar-refractivity contribution in [2.45, 2.75) is 6.92 Å². The number of benzene rings is 1. The molecule has 0 saturated heterocycles. The van der Waals surface area contributed by atoms with Gasteiger partial charge in [-0.2, -0.15) is 0 Å². The van der Waals surface area contributed by atoms with Crippen LogP contribution in [0.2, 0.25) is 0 Å². The molecule has 0 aliphatic carbocycles. The van der Waals surface area contributed by atoms with Crippen molar-refractivity contribution < 1.29 is 9.21 Å². The quantitative estimate of drug-likeness (QED) is 0.748. The van der Waals surface area contributed by atoms with Gasteiger partial charge in [0.25, 0.3) is 0 Å². The fourth-order valence-electron chi connectivity index (χ4n) is 1.83. The van der Waals surface area contributed by atoms with E-state index in [1.165, 1.54) is 12.5 Å². The smallest absolute Gasteiger partial charge is 0.248 e. The average Bonchev–Trinajstić information content (AvgIpc) is 3.17. The molecule has 0 aliphatic heterocycles. The van der Waals surface area contributed by atoms with Gasteiger partial charge >= 0.3 is 0 Å². The molecule has 0 saturated carbocycles. The zero-order valence-corrected chi connectivity index (χ0v) is 12.5. The van der Waals surface area contributed by atoms with Gasteiger partial charge in [-0.15, -0.1) is 21.5 Å².